The first-order valence-corrected chi connectivity index (χ1v) is 10.1. The molecule has 0 unspecified atom stereocenters. The Kier molecular flexibility index (Phi) is 6.52. The number of hydrogen-bond donors (Lipinski definition) is 1. The van der Waals surface area contributed by atoms with Gasteiger partial charge in [-0.15, -0.1) is 0 Å². The van der Waals surface area contributed by atoms with Crippen molar-refractivity contribution in [3.05, 3.63) is 63.2 Å². The molecule has 6 nitrogen and oxygen atoms in total. The minimum absolute atomic E-state index is 0.106. The first-order chi connectivity index (χ1) is 14.6. The van der Waals surface area contributed by atoms with Crippen LogP contribution in [0.15, 0.2) is 36.4 Å². The van der Waals surface area contributed by atoms with E-state index in [1.165, 1.54) is 0 Å². The molecule has 2 aromatic carbocycles. The van der Waals surface area contributed by atoms with Gasteiger partial charge in [-0.1, -0.05) is 25.1 Å². The number of carbonyl (C=O) groups excluding carboxylic acids is 1. The zero-order chi connectivity index (χ0) is 22.8. The van der Waals surface area contributed by atoms with Crippen LogP contribution in [0.25, 0.3) is 0 Å². The van der Waals surface area contributed by atoms with E-state index in [1.54, 1.807) is 4.90 Å². The predicted octanol–water partition coefficient (Wildman–Crippen LogP) is 5.34. The number of nitro groups is 1. The smallest absolute Gasteiger partial charge is 0.366 e. The molecule has 0 radical (unpaired) electrons. The Morgan fingerprint density at radius 3 is 2.48 bits per heavy atom. The summed E-state index contributed by atoms with van der Waals surface area (Å²) < 4.78 is 38.8. The number of halogens is 3. The molecule has 1 heterocycles. The molecular formula is C22H24F3N3O3. The normalized spacial score (nSPS) is 15.1. The molecule has 1 N–H and O–H groups in total. The highest BCUT2D eigenvalue weighted by Gasteiger charge is 2.35. The van der Waals surface area contributed by atoms with Crippen molar-refractivity contribution in [1.82, 2.24) is 0 Å². The Balaban J connectivity index is 1.71. The van der Waals surface area contributed by atoms with Crippen LogP contribution in [0.1, 0.15) is 36.5 Å². The third-order valence-electron chi connectivity index (χ3n) is 5.69. The summed E-state index contributed by atoms with van der Waals surface area (Å²) in [6, 6.07) is 8.40. The van der Waals surface area contributed by atoms with Gasteiger partial charge in [0.2, 0.25) is 5.91 Å². The second kappa shape index (κ2) is 8.95. The van der Waals surface area contributed by atoms with Gasteiger partial charge in [0.1, 0.15) is 5.69 Å². The van der Waals surface area contributed by atoms with E-state index in [1.807, 2.05) is 32.0 Å². The summed E-state index contributed by atoms with van der Waals surface area (Å²) in [5.74, 6) is -0.375. The molecule has 2 aromatic rings. The van der Waals surface area contributed by atoms with Gasteiger partial charge in [0.25, 0.3) is 5.69 Å². The standard InChI is InChI=1S/C22H24F3N3O3/c1-3-15-6-4-5-14(2)20(15)26-21(29)16-9-11-27(12-10-16)18-8-7-17(22(23,24)25)13-19(18)28(30)31/h4-8,13,16H,3,9-12H2,1-2H3,(H,26,29). The van der Waals surface area contributed by atoms with Crippen molar-refractivity contribution in [2.24, 2.45) is 5.92 Å². The van der Waals surface area contributed by atoms with E-state index < -0.39 is 22.4 Å². The Morgan fingerprint density at radius 2 is 1.90 bits per heavy atom. The highest BCUT2D eigenvalue weighted by atomic mass is 19.4. The lowest BCUT2D eigenvalue weighted by Crippen LogP contribution is -2.38. The summed E-state index contributed by atoms with van der Waals surface area (Å²) in [6.45, 7) is 4.64. The topological polar surface area (TPSA) is 75.5 Å². The van der Waals surface area contributed by atoms with Crippen LogP contribution in [0.3, 0.4) is 0 Å². The average molecular weight is 435 g/mol. The minimum atomic E-state index is -4.65. The van der Waals surface area contributed by atoms with Crippen molar-refractivity contribution in [1.29, 1.82) is 0 Å². The van der Waals surface area contributed by atoms with Crippen molar-refractivity contribution in [3.63, 3.8) is 0 Å². The number of alkyl halides is 3. The second-order valence-electron chi connectivity index (χ2n) is 7.67. The zero-order valence-electron chi connectivity index (χ0n) is 17.3. The molecule has 9 heteroatoms. The van der Waals surface area contributed by atoms with Crippen LogP contribution in [-0.4, -0.2) is 23.9 Å². The van der Waals surface area contributed by atoms with Crippen LogP contribution in [0.4, 0.5) is 30.2 Å². The molecule has 1 amide bonds. The zero-order valence-corrected chi connectivity index (χ0v) is 17.3. The monoisotopic (exact) mass is 435 g/mol. The molecule has 31 heavy (non-hydrogen) atoms. The molecule has 1 aliphatic rings. The molecular weight excluding hydrogens is 411 g/mol. The summed E-state index contributed by atoms with van der Waals surface area (Å²) in [7, 11) is 0. The van der Waals surface area contributed by atoms with Crippen molar-refractivity contribution in [3.8, 4) is 0 Å². The number of para-hydroxylation sites is 1. The third-order valence-corrected chi connectivity index (χ3v) is 5.69. The molecule has 166 valence electrons. The first kappa shape index (κ1) is 22.6. The molecule has 3 rings (SSSR count). The van der Waals surface area contributed by atoms with Gasteiger partial charge in [0, 0.05) is 30.8 Å². The summed E-state index contributed by atoms with van der Waals surface area (Å²) in [4.78, 5) is 25.0. The Morgan fingerprint density at radius 1 is 1.23 bits per heavy atom. The van der Waals surface area contributed by atoms with E-state index in [4.69, 9.17) is 0 Å². The minimum Gasteiger partial charge on any atom is -0.366 e. The maximum Gasteiger partial charge on any atom is 0.416 e. The molecule has 0 bridgehead atoms. The Labute approximate surface area is 178 Å². The number of anilines is 2. The van der Waals surface area contributed by atoms with Gasteiger partial charge in [-0.3, -0.25) is 14.9 Å². The van der Waals surface area contributed by atoms with Crippen molar-refractivity contribution < 1.29 is 22.9 Å². The summed E-state index contributed by atoms with van der Waals surface area (Å²) >= 11 is 0. The molecule has 1 saturated heterocycles. The quantitative estimate of drug-likeness (QED) is 0.508. The SMILES string of the molecule is CCc1cccc(C)c1NC(=O)C1CCN(c2ccc(C(F)(F)F)cc2[N+](=O)[O-])CC1. The summed E-state index contributed by atoms with van der Waals surface area (Å²) in [5, 5.41) is 14.4. The number of aryl methyl sites for hydroxylation is 2. The van der Waals surface area contributed by atoms with E-state index in [2.05, 4.69) is 5.32 Å². The fourth-order valence-corrected chi connectivity index (χ4v) is 3.92. The van der Waals surface area contributed by atoms with E-state index >= 15 is 0 Å². The fourth-order valence-electron chi connectivity index (χ4n) is 3.92. The van der Waals surface area contributed by atoms with E-state index in [0.29, 0.717) is 32.0 Å². The number of nitrogens with one attached hydrogen (secondary N) is 1. The second-order valence-corrected chi connectivity index (χ2v) is 7.67. The van der Waals surface area contributed by atoms with Crippen molar-refractivity contribution in [2.45, 2.75) is 39.3 Å². The van der Waals surface area contributed by atoms with Gasteiger partial charge in [-0.05, 0) is 49.4 Å². The molecule has 0 atom stereocenters. The highest BCUT2D eigenvalue weighted by molar-refractivity contribution is 5.94. The van der Waals surface area contributed by atoms with Crippen LogP contribution < -0.4 is 10.2 Å². The first-order valence-electron chi connectivity index (χ1n) is 10.1. The van der Waals surface area contributed by atoms with E-state index in [-0.39, 0.29) is 17.5 Å². The van der Waals surface area contributed by atoms with Crippen LogP contribution in [0.2, 0.25) is 0 Å². The number of nitrogens with zero attached hydrogens (tertiary/aromatic N) is 2. The van der Waals surface area contributed by atoms with Crippen molar-refractivity contribution >= 4 is 23.0 Å². The number of amides is 1. The highest BCUT2D eigenvalue weighted by Crippen LogP contribution is 2.38. The summed E-state index contributed by atoms with van der Waals surface area (Å²) in [6.07, 6.45) is -2.96. The van der Waals surface area contributed by atoms with Crippen LogP contribution >= 0.6 is 0 Å². The summed E-state index contributed by atoms with van der Waals surface area (Å²) in [5.41, 5.74) is 1.35. The number of rotatable bonds is 5. The number of hydrogen-bond acceptors (Lipinski definition) is 4. The van der Waals surface area contributed by atoms with E-state index in [9.17, 15) is 28.1 Å². The van der Waals surface area contributed by atoms with Gasteiger partial charge < -0.3 is 10.2 Å². The maximum atomic E-state index is 12.9. The van der Waals surface area contributed by atoms with Gasteiger partial charge in [-0.2, -0.15) is 13.2 Å². The lowest BCUT2D eigenvalue weighted by Gasteiger charge is -2.33. The number of benzene rings is 2. The molecule has 1 aliphatic heterocycles. The maximum absolute atomic E-state index is 12.9. The molecule has 1 fully saturated rings. The molecule has 0 spiro atoms. The van der Waals surface area contributed by atoms with Crippen LogP contribution in [0, 0.1) is 23.0 Å². The molecule has 0 aliphatic carbocycles. The van der Waals surface area contributed by atoms with E-state index in [0.717, 1.165) is 35.4 Å². The van der Waals surface area contributed by atoms with Crippen LogP contribution in [-0.2, 0) is 17.4 Å². The van der Waals surface area contributed by atoms with Crippen LogP contribution in [0.5, 0.6) is 0 Å². The largest absolute Gasteiger partial charge is 0.416 e. The third kappa shape index (κ3) is 4.98. The number of piperidine rings is 1. The van der Waals surface area contributed by atoms with Gasteiger partial charge >= 0.3 is 6.18 Å². The Hall–Kier alpha value is -3.10. The lowest BCUT2D eigenvalue weighted by atomic mass is 9.94. The fraction of sp³-hybridized carbons (Fsp3) is 0.409. The predicted molar refractivity (Wildman–Crippen MR) is 112 cm³/mol. The molecule has 0 aromatic heterocycles. The van der Waals surface area contributed by atoms with Crippen molar-refractivity contribution in [2.75, 3.05) is 23.3 Å². The number of carbonyl (C=O) groups is 1. The van der Waals surface area contributed by atoms with Gasteiger partial charge in [-0.25, -0.2) is 0 Å². The average Bonchev–Trinajstić information content (AvgIpc) is 2.74. The number of nitro benzene ring substituents is 1. The molecule has 0 saturated carbocycles. The Bertz CT molecular complexity index is 984. The lowest BCUT2D eigenvalue weighted by molar-refractivity contribution is -0.384. The van der Waals surface area contributed by atoms with Gasteiger partial charge in [0.05, 0.1) is 10.5 Å². The van der Waals surface area contributed by atoms with Gasteiger partial charge in [0.15, 0.2) is 0 Å².